The molecule has 0 aliphatic rings. The summed E-state index contributed by atoms with van der Waals surface area (Å²) in [5, 5.41) is 0.565. The Kier molecular flexibility index (Phi) is 2.54. The zero-order valence-corrected chi connectivity index (χ0v) is 8.97. The van der Waals surface area contributed by atoms with Crippen molar-refractivity contribution in [3.05, 3.63) is 33.3 Å². The van der Waals surface area contributed by atoms with E-state index in [0.29, 0.717) is 22.7 Å². The summed E-state index contributed by atoms with van der Waals surface area (Å²) in [5.41, 5.74) is 7.60. The van der Waals surface area contributed by atoms with Crippen molar-refractivity contribution in [3.63, 3.8) is 0 Å². The van der Waals surface area contributed by atoms with Crippen LogP contribution in [0.25, 0.3) is 11.1 Å². The predicted molar refractivity (Wildman–Crippen MR) is 59.3 cm³/mol. The lowest BCUT2D eigenvalue weighted by Crippen LogP contribution is -2.09. The van der Waals surface area contributed by atoms with Crippen molar-refractivity contribution in [3.8, 4) is 0 Å². The van der Waals surface area contributed by atoms with Gasteiger partial charge in [-0.25, -0.2) is 4.79 Å². The number of nitrogens with two attached hydrogens (primary N) is 1. The van der Waals surface area contributed by atoms with E-state index in [1.807, 2.05) is 6.92 Å². The number of halogens is 1. The first-order valence-electron chi connectivity index (χ1n) is 4.64. The largest absolute Gasteiger partial charge is 0.417 e. The Morgan fingerprint density at radius 1 is 1.60 bits per heavy atom. The highest BCUT2D eigenvalue weighted by atomic mass is 35.5. The van der Waals surface area contributed by atoms with Gasteiger partial charge in [0.1, 0.15) is 0 Å². The van der Waals surface area contributed by atoms with Gasteiger partial charge in [0.15, 0.2) is 5.58 Å². The topological polar surface area (TPSA) is 72.0 Å². The monoisotopic (exact) mass is 226 g/mol. The smallest absolute Gasteiger partial charge is 0.408 e. The second-order valence-electron chi connectivity index (χ2n) is 3.52. The van der Waals surface area contributed by atoms with Gasteiger partial charge in [0.05, 0.1) is 5.52 Å². The molecule has 80 valence electrons. The van der Waals surface area contributed by atoms with Crippen LogP contribution in [0.2, 0.25) is 5.02 Å². The van der Waals surface area contributed by atoms with Crippen LogP contribution >= 0.6 is 11.6 Å². The average Bonchev–Trinajstić information content (AvgIpc) is 2.55. The Bertz CT molecular complexity index is 544. The molecule has 1 aromatic carbocycles. The minimum absolute atomic E-state index is 0.102. The summed E-state index contributed by atoms with van der Waals surface area (Å²) in [6.07, 6.45) is 0. The fourth-order valence-electron chi connectivity index (χ4n) is 1.54. The lowest BCUT2D eigenvalue weighted by atomic mass is 10.0. The van der Waals surface area contributed by atoms with Crippen molar-refractivity contribution in [1.29, 1.82) is 0 Å². The van der Waals surface area contributed by atoms with Crippen LogP contribution in [-0.2, 0) is 0 Å². The highest BCUT2D eigenvalue weighted by molar-refractivity contribution is 6.31. The van der Waals surface area contributed by atoms with Crippen LogP contribution in [-0.4, -0.2) is 11.5 Å². The second kappa shape index (κ2) is 3.72. The van der Waals surface area contributed by atoms with Gasteiger partial charge < -0.3 is 10.2 Å². The number of hydrogen-bond donors (Lipinski definition) is 2. The number of hydrogen-bond acceptors (Lipinski definition) is 3. The summed E-state index contributed by atoms with van der Waals surface area (Å²) in [5.74, 6) is -0.372. The molecule has 5 heteroatoms. The Labute approximate surface area is 91.0 Å². The first-order valence-corrected chi connectivity index (χ1v) is 5.02. The van der Waals surface area contributed by atoms with E-state index in [4.69, 9.17) is 21.8 Å². The second-order valence-corrected chi connectivity index (χ2v) is 3.96. The highest BCUT2D eigenvalue weighted by Gasteiger charge is 2.13. The van der Waals surface area contributed by atoms with Crippen LogP contribution in [0.15, 0.2) is 21.3 Å². The van der Waals surface area contributed by atoms with Gasteiger partial charge in [-0.15, -0.1) is 0 Å². The van der Waals surface area contributed by atoms with Crippen molar-refractivity contribution in [2.45, 2.75) is 12.8 Å². The van der Waals surface area contributed by atoms with E-state index in [9.17, 15) is 4.79 Å². The van der Waals surface area contributed by atoms with Crippen molar-refractivity contribution in [2.24, 2.45) is 5.73 Å². The van der Waals surface area contributed by atoms with Crippen LogP contribution in [0.5, 0.6) is 0 Å². The van der Waals surface area contributed by atoms with E-state index in [1.165, 1.54) is 0 Å². The highest BCUT2D eigenvalue weighted by Crippen LogP contribution is 2.27. The number of H-pyrrole nitrogens is 1. The third-order valence-corrected chi connectivity index (χ3v) is 2.62. The maximum Gasteiger partial charge on any atom is 0.417 e. The molecule has 1 aromatic heterocycles. The molecule has 3 N–H and O–H groups in total. The molecule has 1 unspecified atom stereocenters. The first-order chi connectivity index (χ1) is 7.11. The summed E-state index contributed by atoms with van der Waals surface area (Å²) < 4.78 is 5.05. The molecule has 1 atom stereocenters. The average molecular weight is 227 g/mol. The Morgan fingerprint density at radius 3 is 3.00 bits per heavy atom. The molecule has 0 saturated carbocycles. The van der Waals surface area contributed by atoms with Crippen LogP contribution < -0.4 is 11.5 Å². The lowest BCUT2D eigenvalue weighted by Gasteiger charge is -2.08. The molecule has 1 heterocycles. The normalized spacial score (nSPS) is 13.3. The third kappa shape index (κ3) is 1.78. The Hall–Kier alpha value is -1.26. The van der Waals surface area contributed by atoms with Crippen molar-refractivity contribution >= 4 is 22.7 Å². The molecule has 0 spiro atoms. The van der Waals surface area contributed by atoms with Crippen molar-refractivity contribution in [2.75, 3.05) is 6.54 Å². The molecule has 0 aliphatic heterocycles. The van der Waals surface area contributed by atoms with Crippen molar-refractivity contribution < 1.29 is 4.42 Å². The predicted octanol–water partition coefficient (Wildman–Crippen LogP) is 1.84. The summed E-state index contributed by atoms with van der Waals surface area (Å²) in [4.78, 5) is 13.6. The zero-order valence-electron chi connectivity index (χ0n) is 8.21. The molecule has 0 radical (unpaired) electrons. The molecule has 2 aromatic rings. The maximum atomic E-state index is 11.1. The summed E-state index contributed by atoms with van der Waals surface area (Å²) in [7, 11) is 0. The van der Waals surface area contributed by atoms with Gasteiger partial charge in [0.25, 0.3) is 0 Å². The van der Waals surface area contributed by atoms with Gasteiger partial charge in [-0.05, 0) is 24.6 Å². The van der Waals surface area contributed by atoms with Gasteiger partial charge in [0, 0.05) is 10.6 Å². The maximum absolute atomic E-state index is 11.1. The fraction of sp³-hybridized carbons (Fsp3) is 0.300. The van der Waals surface area contributed by atoms with Gasteiger partial charge in [0.2, 0.25) is 0 Å². The number of oxazole rings is 1. The molecule has 15 heavy (non-hydrogen) atoms. The molecule has 0 saturated heterocycles. The summed E-state index contributed by atoms with van der Waals surface area (Å²) in [6, 6.07) is 3.44. The molecule has 0 amide bonds. The number of aromatic nitrogens is 1. The quantitative estimate of drug-likeness (QED) is 0.821. The first kappa shape index (κ1) is 10.3. The SMILES string of the molecule is CC(CN)c1cc(Cl)cc2[nH]c(=O)oc12. The van der Waals surface area contributed by atoms with Crippen molar-refractivity contribution in [1.82, 2.24) is 4.98 Å². The van der Waals surface area contributed by atoms with E-state index in [2.05, 4.69) is 4.98 Å². The number of nitrogens with one attached hydrogen (secondary N) is 1. The van der Waals surface area contributed by atoms with E-state index in [1.54, 1.807) is 12.1 Å². The Balaban J connectivity index is 2.75. The van der Waals surface area contributed by atoms with E-state index >= 15 is 0 Å². The fourth-order valence-corrected chi connectivity index (χ4v) is 1.77. The number of aromatic amines is 1. The minimum atomic E-state index is -0.474. The molecular formula is C10H11ClN2O2. The van der Waals surface area contributed by atoms with Gasteiger partial charge >= 0.3 is 5.76 Å². The lowest BCUT2D eigenvalue weighted by molar-refractivity contribution is 0.548. The molecule has 0 aliphatic carbocycles. The summed E-state index contributed by atoms with van der Waals surface area (Å²) >= 11 is 5.93. The third-order valence-electron chi connectivity index (χ3n) is 2.40. The number of benzene rings is 1. The van der Waals surface area contributed by atoms with Gasteiger partial charge in [-0.3, -0.25) is 4.98 Å². The molecule has 0 bridgehead atoms. The molecule has 0 fully saturated rings. The molecule has 4 nitrogen and oxygen atoms in total. The van der Waals surface area contributed by atoms with Crippen LogP contribution in [0, 0.1) is 0 Å². The van der Waals surface area contributed by atoms with Gasteiger partial charge in [-0.1, -0.05) is 18.5 Å². The zero-order chi connectivity index (χ0) is 11.0. The van der Waals surface area contributed by atoms with Crippen LogP contribution in [0.1, 0.15) is 18.4 Å². The Morgan fingerprint density at radius 2 is 2.33 bits per heavy atom. The minimum Gasteiger partial charge on any atom is -0.408 e. The standard InChI is InChI=1S/C10H11ClN2O2/c1-5(4-12)7-2-6(11)3-8-9(7)15-10(14)13-8/h2-3,5H,4,12H2,1H3,(H,13,14). The molecular weight excluding hydrogens is 216 g/mol. The van der Waals surface area contributed by atoms with E-state index in [-0.39, 0.29) is 5.92 Å². The van der Waals surface area contributed by atoms with E-state index in [0.717, 1.165) is 5.56 Å². The molecule has 2 rings (SSSR count). The number of rotatable bonds is 2. The summed E-state index contributed by atoms with van der Waals surface area (Å²) in [6.45, 7) is 2.43. The van der Waals surface area contributed by atoms with Crippen LogP contribution in [0.4, 0.5) is 0 Å². The van der Waals surface area contributed by atoms with E-state index < -0.39 is 5.76 Å². The number of fused-ring (bicyclic) bond motifs is 1. The van der Waals surface area contributed by atoms with Crippen LogP contribution in [0.3, 0.4) is 0 Å². The van der Waals surface area contributed by atoms with Gasteiger partial charge in [-0.2, -0.15) is 0 Å².